The SMILES string of the molecule is CCc1cccc(SC)c1Cl. The molecule has 0 atom stereocenters. The van der Waals surface area contributed by atoms with Crippen molar-refractivity contribution >= 4 is 23.4 Å². The van der Waals surface area contributed by atoms with Crippen molar-refractivity contribution in [3.8, 4) is 0 Å². The molecule has 0 spiro atoms. The lowest BCUT2D eigenvalue weighted by Crippen LogP contribution is -1.83. The van der Waals surface area contributed by atoms with Gasteiger partial charge in [0.05, 0.1) is 5.02 Å². The Kier molecular flexibility index (Phi) is 3.28. The summed E-state index contributed by atoms with van der Waals surface area (Å²) in [5, 5.41) is 0.919. The molecule has 0 nitrogen and oxygen atoms in total. The van der Waals surface area contributed by atoms with E-state index in [4.69, 9.17) is 11.6 Å². The van der Waals surface area contributed by atoms with Gasteiger partial charge in [-0.2, -0.15) is 0 Å². The third-order valence-electron chi connectivity index (χ3n) is 1.64. The quantitative estimate of drug-likeness (QED) is 0.636. The van der Waals surface area contributed by atoms with Gasteiger partial charge in [0.2, 0.25) is 0 Å². The van der Waals surface area contributed by atoms with Gasteiger partial charge in [-0.05, 0) is 24.3 Å². The predicted octanol–water partition coefficient (Wildman–Crippen LogP) is 3.62. The van der Waals surface area contributed by atoms with Crippen molar-refractivity contribution in [2.24, 2.45) is 0 Å². The maximum absolute atomic E-state index is 6.09. The minimum atomic E-state index is 0.919. The highest BCUT2D eigenvalue weighted by Gasteiger charge is 2.01. The molecule has 0 amide bonds. The molecule has 0 aromatic heterocycles. The fourth-order valence-corrected chi connectivity index (χ4v) is 2.00. The largest absolute Gasteiger partial charge is 0.128 e. The van der Waals surface area contributed by atoms with Crippen LogP contribution in [0.25, 0.3) is 0 Å². The molecule has 1 aromatic carbocycles. The van der Waals surface area contributed by atoms with Crippen molar-refractivity contribution in [3.63, 3.8) is 0 Å². The second-order valence-electron chi connectivity index (χ2n) is 2.29. The predicted molar refractivity (Wildman–Crippen MR) is 52.6 cm³/mol. The fraction of sp³-hybridized carbons (Fsp3) is 0.333. The summed E-state index contributed by atoms with van der Waals surface area (Å²) >= 11 is 7.78. The molecule has 0 heterocycles. The molecule has 0 N–H and O–H groups in total. The van der Waals surface area contributed by atoms with Gasteiger partial charge in [0.1, 0.15) is 0 Å². The first kappa shape index (κ1) is 8.95. The van der Waals surface area contributed by atoms with E-state index in [-0.39, 0.29) is 0 Å². The van der Waals surface area contributed by atoms with Crippen molar-refractivity contribution in [2.45, 2.75) is 18.2 Å². The molecule has 11 heavy (non-hydrogen) atoms. The highest BCUT2D eigenvalue weighted by molar-refractivity contribution is 7.98. The van der Waals surface area contributed by atoms with Gasteiger partial charge >= 0.3 is 0 Å². The highest BCUT2D eigenvalue weighted by atomic mass is 35.5. The molecule has 0 saturated carbocycles. The van der Waals surface area contributed by atoms with Gasteiger partial charge in [0.25, 0.3) is 0 Å². The molecular formula is C9H11ClS. The van der Waals surface area contributed by atoms with Crippen LogP contribution in [0, 0.1) is 0 Å². The number of halogens is 1. The van der Waals surface area contributed by atoms with E-state index in [1.165, 1.54) is 10.5 Å². The van der Waals surface area contributed by atoms with Crippen LogP contribution in [0.15, 0.2) is 23.1 Å². The first-order valence-corrected chi connectivity index (χ1v) is 5.21. The number of rotatable bonds is 2. The molecular weight excluding hydrogens is 176 g/mol. The van der Waals surface area contributed by atoms with Gasteiger partial charge in [0.15, 0.2) is 0 Å². The first-order valence-electron chi connectivity index (χ1n) is 3.61. The van der Waals surface area contributed by atoms with E-state index < -0.39 is 0 Å². The van der Waals surface area contributed by atoms with E-state index >= 15 is 0 Å². The molecule has 0 aliphatic rings. The maximum Gasteiger partial charge on any atom is 0.0573 e. The van der Waals surface area contributed by atoms with Crippen LogP contribution in [-0.4, -0.2) is 6.26 Å². The Balaban J connectivity index is 3.10. The Morgan fingerprint density at radius 1 is 1.45 bits per heavy atom. The van der Waals surface area contributed by atoms with Crippen molar-refractivity contribution < 1.29 is 0 Å². The fourth-order valence-electron chi connectivity index (χ4n) is 0.987. The lowest BCUT2D eigenvalue weighted by molar-refractivity contribution is 1.12. The third-order valence-corrected chi connectivity index (χ3v) is 2.98. The van der Waals surface area contributed by atoms with Gasteiger partial charge in [-0.25, -0.2) is 0 Å². The van der Waals surface area contributed by atoms with Crippen LogP contribution >= 0.6 is 23.4 Å². The molecule has 0 saturated heterocycles. The van der Waals surface area contributed by atoms with E-state index in [0.717, 1.165) is 11.4 Å². The zero-order valence-corrected chi connectivity index (χ0v) is 8.30. The van der Waals surface area contributed by atoms with Crippen LogP contribution in [-0.2, 0) is 6.42 Å². The summed E-state index contributed by atoms with van der Waals surface area (Å²) in [7, 11) is 0. The van der Waals surface area contributed by atoms with Crippen LogP contribution < -0.4 is 0 Å². The summed E-state index contributed by atoms with van der Waals surface area (Å²) in [6, 6.07) is 6.17. The second kappa shape index (κ2) is 4.03. The van der Waals surface area contributed by atoms with E-state index in [2.05, 4.69) is 19.1 Å². The van der Waals surface area contributed by atoms with E-state index in [0.29, 0.717) is 0 Å². The summed E-state index contributed by atoms with van der Waals surface area (Å²) in [6.07, 6.45) is 3.05. The molecule has 0 fully saturated rings. The number of hydrogen-bond donors (Lipinski definition) is 0. The Bertz CT molecular complexity index is 223. The average Bonchev–Trinajstić information content (AvgIpc) is 2.05. The monoisotopic (exact) mass is 186 g/mol. The molecule has 0 radical (unpaired) electrons. The van der Waals surface area contributed by atoms with Gasteiger partial charge in [0, 0.05) is 4.90 Å². The molecule has 1 rings (SSSR count). The third kappa shape index (κ3) is 1.91. The summed E-state index contributed by atoms with van der Waals surface area (Å²) in [4.78, 5) is 1.17. The summed E-state index contributed by atoms with van der Waals surface area (Å²) in [5.74, 6) is 0. The zero-order chi connectivity index (χ0) is 8.27. The Morgan fingerprint density at radius 3 is 2.73 bits per heavy atom. The number of benzene rings is 1. The molecule has 60 valence electrons. The summed E-state index contributed by atoms with van der Waals surface area (Å²) in [5.41, 5.74) is 1.23. The minimum absolute atomic E-state index is 0.919. The topological polar surface area (TPSA) is 0 Å². The molecule has 0 bridgehead atoms. The summed E-state index contributed by atoms with van der Waals surface area (Å²) in [6.45, 7) is 2.12. The van der Waals surface area contributed by atoms with E-state index in [9.17, 15) is 0 Å². The lowest BCUT2D eigenvalue weighted by Gasteiger charge is -2.04. The normalized spacial score (nSPS) is 10.1. The molecule has 0 unspecified atom stereocenters. The van der Waals surface area contributed by atoms with Crippen molar-refractivity contribution in [2.75, 3.05) is 6.26 Å². The standard InChI is InChI=1S/C9H11ClS/c1-3-7-5-4-6-8(11-2)9(7)10/h4-6H,3H2,1-2H3. The Hall–Kier alpha value is -0.140. The van der Waals surface area contributed by atoms with Crippen LogP contribution in [0.1, 0.15) is 12.5 Å². The molecule has 2 heteroatoms. The number of thioether (sulfide) groups is 1. The minimum Gasteiger partial charge on any atom is -0.128 e. The van der Waals surface area contributed by atoms with Crippen molar-refractivity contribution in [1.82, 2.24) is 0 Å². The van der Waals surface area contributed by atoms with Crippen LogP contribution in [0.5, 0.6) is 0 Å². The molecule has 0 aliphatic heterocycles. The van der Waals surface area contributed by atoms with Crippen molar-refractivity contribution in [3.05, 3.63) is 28.8 Å². The van der Waals surface area contributed by atoms with E-state index in [1.54, 1.807) is 11.8 Å². The lowest BCUT2D eigenvalue weighted by atomic mass is 10.2. The Morgan fingerprint density at radius 2 is 2.18 bits per heavy atom. The van der Waals surface area contributed by atoms with Crippen molar-refractivity contribution in [1.29, 1.82) is 0 Å². The second-order valence-corrected chi connectivity index (χ2v) is 3.51. The summed E-state index contributed by atoms with van der Waals surface area (Å²) < 4.78 is 0. The van der Waals surface area contributed by atoms with Gasteiger partial charge in [-0.15, -0.1) is 11.8 Å². The molecule has 1 aromatic rings. The Labute approximate surface area is 77.0 Å². The van der Waals surface area contributed by atoms with E-state index in [1.807, 2.05) is 12.3 Å². The smallest absolute Gasteiger partial charge is 0.0573 e. The molecule has 0 aliphatic carbocycles. The highest BCUT2D eigenvalue weighted by Crippen LogP contribution is 2.28. The van der Waals surface area contributed by atoms with Crippen LogP contribution in [0.4, 0.5) is 0 Å². The van der Waals surface area contributed by atoms with Crippen LogP contribution in [0.2, 0.25) is 5.02 Å². The van der Waals surface area contributed by atoms with Gasteiger partial charge in [-0.1, -0.05) is 30.7 Å². The van der Waals surface area contributed by atoms with Gasteiger partial charge < -0.3 is 0 Å². The zero-order valence-electron chi connectivity index (χ0n) is 6.73. The average molecular weight is 187 g/mol. The number of hydrogen-bond acceptors (Lipinski definition) is 1. The maximum atomic E-state index is 6.09. The number of aryl methyl sites for hydroxylation is 1. The van der Waals surface area contributed by atoms with Gasteiger partial charge in [-0.3, -0.25) is 0 Å². The first-order chi connectivity index (χ1) is 5.29. The van der Waals surface area contributed by atoms with Crippen LogP contribution in [0.3, 0.4) is 0 Å².